The van der Waals surface area contributed by atoms with Gasteiger partial charge in [0.25, 0.3) is 0 Å². The van der Waals surface area contributed by atoms with Crippen LogP contribution < -0.4 is 5.32 Å². The number of nitrogens with one attached hydrogen (secondary N) is 1. The molecule has 2 N–H and O–H groups in total. The quantitative estimate of drug-likeness (QED) is 0.687. The maximum atomic E-state index is 12.4. The monoisotopic (exact) mass is 291 g/mol. The van der Waals surface area contributed by atoms with Crippen molar-refractivity contribution in [2.45, 2.75) is 46.1 Å². The lowest BCUT2D eigenvalue weighted by Gasteiger charge is -2.16. The third-order valence-electron chi connectivity index (χ3n) is 3.30. The van der Waals surface area contributed by atoms with E-state index in [-0.39, 0.29) is 12.2 Å². The number of hydrogen-bond acceptors (Lipinski definition) is 3. The molecule has 0 aliphatic carbocycles. The number of likely N-dealkylation sites (N-methyl/N-ethyl adjacent to an activating group) is 1. The van der Waals surface area contributed by atoms with Gasteiger partial charge in [-0.05, 0) is 30.9 Å². The van der Waals surface area contributed by atoms with E-state index < -0.39 is 12.0 Å². The van der Waals surface area contributed by atoms with E-state index in [1.54, 1.807) is 0 Å². The Morgan fingerprint density at radius 2 is 1.81 bits per heavy atom. The van der Waals surface area contributed by atoms with Crippen LogP contribution in [0.1, 0.15) is 49.5 Å². The molecule has 0 radical (unpaired) electrons. The minimum atomic E-state index is -0.877. The van der Waals surface area contributed by atoms with E-state index in [1.807, 2.05) is 31.2 Å². The number of benzene rings is 1. The Hall–Kier alpha value is -1.68. The second kappa shape index (κ2) is 8.57. The highest BCUT2D eigenvalue weighted by atomic mass is 16.4. The van der Waals surface area contributed by atoms with Crippen LogP contribution in [0.5, 0.6) is 0 Å². The summed E-state index contributed by atoms with van der Waals surface area (Å²) in [5.41, 5.74) is 1.85. The second-order valence-corrected chi connectivity index (χ2v) is 5.70. The molecule has 0 bridgehead atoms. The zero-order valence-corrected chi connectivity index (χ0v) is 13.1. The summed E-state index contributed by atoms with van der Waals surface area (Å²) in [5, 5.41) is 11.8. The fourth-order valence-electron chi connectivity index (χ4n) is 2.32. The minimum Gasteiger partial charge on any atom is -0.481 e. The summed E-state index contributed by atoms with van der Waals surface area (Å²) in [5.74, 6) is -0.330. The van der Waals surface area contributed by atoms with Crippen LogP contribution in [0.25, 0.3) is 0 Å². The van der Waals surface area contributed by atoms with Crippen molar-refractivity contribution in [3.05, 3.63) is 35.4 Å². The minimum absolute atomic E-state index is 0.00512. The van der Waals surface area contributed by atoms with E-state index in [1.165, 1.54) is 5.56 Å². The van der Waals surface area contributed by atoms with Crippen molar-refractivity contribution < 1.29 is 14.7 Å². The Bertz CT molecular complexity index is 465. The first kappa shape index (κ1) is 17.4. The summed E-state index contributed by atoms with van der Waals surface area (Å²) in [6, 6.07) is 7.21. The van der Waals surface area contributed by atoms with Crippen molar-refractivity contribution in [2.24, 2.45) is 5.92 Å². The van der Waals surface area contributed by atoms with E-state index in [0.717, 1.165) is 6.42 Å². The summed E-state index contributed by atoms with van der Waals surface area (Å²) in [4.78, 5) is 23.1. The van der Waals surface area contributed by atoms with E-state index in [4.69, 9.17) is 5.11 Å². The van der Waals surface area contributed by atoms with Gasteiger partial charge < -0.3 is 10.4 Å². The molecule has 0 saturated carbocycles. The summed E-state index contributed by atoms with van der Waals surface area (Å²) in [7, 11) is 0. The van der Waals surface area contributed by atoms with Gasteiger partial charge >= 0.3 is 5.97 Å². The van der Waals surface area contributed by atoms with Gasteiger partial charge in [-0.25, -0.2) is 0 Å². The van der Waals surface area contributed by atoms with Gasteiger partial charge in [0.05, 0.1) is 6.04 Å². The number of rotatable bonds is 9. The number of carbonyl (C=O) groups is 2. The normalized spacial score (nSPS) is 12.4. The van der Waals surface area contributed by atoms with Crippen LogP contribution in [-0.4, -0.2) is 29.4 Å². The van der Waals surface area contributed by atoms with E-state index >= 15 is 0 Å². The van der Waals surface area contributed by atoms with Gasteiger partial charge in [0.15, 0.2) is 5.78 Å². The molecule has 1 rings (SSSR count). The van der Waals surface area contributed by atoms with Gasteiger partial charge in [0.2, 0.25) is 0 Å². The fraction of sp³-hybridized carbons (Fsp3) is 0.529. The molecule has 0 amide bonds. The number of aliphatic carboxylic acids is 1. The van der Waals surface area contributed by atoms with Gasteiger partial charge in [0, 0.05) is 12.0 Å². The molecule has 1 unspecified atom stereocenters. The van der Waals surface area contributed by atoms with Crippen molar-refractivity contribution in [3.8, 4) is 0 Å². The highest BCUT2D eigenvalue weighted by molar-refractivity contribution is 6.00. The summed E-state index contributed by atoms with van der Waals surface area (Å²) >= 11 is 0. The number of ketones is 1. The number of carboxylic acids is 1. The summed E-state index contributed by atoms with van der Waals surface area (Å²) in [6.45, 7) is 6.87. The topological polar surface area (TPSA) is 66.4 Å². The average Bonchev–Trinajstić information content (AvgIpc) is 2.42. The molecule has 0 aromatic heterocycles. The molecular formula is C17H25NO3. The van der Waals surface area contributed by atoms with Gasteiger partial charge in [-0.3, -0.25) is 9.59 Å². The molecule has 21 heavy (non-hydrogen) atoms. The first-order valence-electron chi connectivity index (χ1n) is 7.52. The Morgan fingerprint density at radius 1 is 1.19 bits per heavy atom. The molecule has 0 fully saturated rings. The van der Waals surface area contributed by atoms with Crippen molar-refractivity contribution >= 4 is 11.8 Å². The lowest BCUT2D eigenvalue weighted by molar-refractivity contribution is -0.137. The van der Waals surface area contributed by atoms with Crippen molar-refractivity contribution in [1.82, 2.24) is 5.32 Å². The third-order valence-corrected chi connectivity index (χ3v) is 3.30. The van der Waals surface area contributed by atoms with Crippen LogP contribution in [0.4, 0.5) is 0 Å². The van der Waals surface area contributed by atoms with E-state index in [2.05, 4.69) is 19.2 Å². The summed E-state index contributed by atoms with van der Waals surface area (Å²) in [6.07, 6.45) is 1.30. The first-order chi connectivity index (χ1) is 9.93. The highest BCUT2D eigenvalue weighted by Crippen LogP contribution is 2.13. The van der Waals surface area contributed by atoms with Crippen LogP contribution in [-0.2, 0) is 11.2 Å². The van der Waals surface area contributed by atoms with Crippen LogP contribution >= 0.6 is 0 Å². The van der Waals surface area contributed by atoms with Gasteiger partial charge in [-0.1, -0.05) is 45.0 Å². The number of Topliss-reactive ketones (excluding diaryl/α,β-unsaturated/α-hetero) is 1. The molecule has 1 atom stereocenters. The summed E-state index contributed by atoms with van der Waals surface area (Å²) < 4.78 is 0. The Morgan fingerprint density at radius 3 is 2.29 bits per heavy atom. The molecule has 0 aliphatic rings. The molecular weight excluding hydrogens is 266 g/mol. The van der Waals surface area contributed by atoms with Crippen molar-refractivity contribution in [1.29, 1.82) is 0 Å². The number of hydrogen-bond donors (Lipinski definition) is 2. The van der Waals surface area contributed by atoms with Crippen LogP contribution in [0.15, 0.2) is 24.3 Å². The van der Waals surface area contributed by atoms with Crippen LogP contribution in [0, 0.1) is 5.92 Å². The van der Waals surface area contributed by atoms with E-state index in [0.29, 0.717) is 24.4 Å². The maximum absolute atomic E-state index is 12.4. The standard InChI is InChI=1S/C17H25NO3/c1-4-18-15(9-10-16(19)20)17(21)14-7-5-13(6-8-14)11-12(2)3/h5-8,12,15,18H,4,9-11H2,1-3H3,(H,19,20). The molecule has 0 aliphatic heterocycles. The average molecular weight is 291 g/mol. The van der Waals surface area contributed by atoms with Crippen molar-refractivity contribution in [2.75, 3.05) is 6.54 Å². The maximum Gasteiger partial charge on any atom is 0.303 e. The predicted molar refractivity (Wildman–Crippen MR) is 83.6 cm³/mol. The molecule has 116 valence electrons. The first-order valence-corrected chi connectivity index (χ1v) is 7.52. The third kappa shape index (κ3) is 6.08. The number of carboxylic acid groups (broad SMARTS) is 1. The smallest absolute Gasteiger partial charge is 0.303 e. The Labute approximate surface area is 126 Å². The fourth-order valence-corrected chi connectivity index (χ4v) is 2.32. The van der Waals surface area contributed by atoms with Gasteiger partial charge in [-0.2, -0.15) is 0 Å². The van der Waals surface area contributed by atoms with Gasteiger partial charge in [-0.15, -0.1) is 0 Å². The zero-order chi connectivity index (χ0) is 15.8. The highest BCUT2D eigenvalue weighted by Gasteiger charge is 2.19. The Kier molecular flexibility index (Phi) is 7.09. The lowest BCUT2D eigenvalue weighted by atomic mass is 9.97. The molecule has 1 aromatic rings. The second-order valence-electron chi connectivity index (χ2n) is 5.70. The largest absolute Gasteiger partial charge is 0.481 e. The van der Waals surface area contributed by atoms with Crippen LogP contribution in [0.2, 0.25) is 0 Å². The molecule has 0 heterocycles. The number of carbonyl (C=O) groups excluding carboxylic acids is 1. The molecule has 4 nitrogen and oxygen atoms in total. The molecule has 0 spiro atoms. The predicted octanol–water partition coefficient (Wildman–Crippen LogP) is 2.91. The molecule has 1 aromatic carbocycles. The van der Waals surface area contributed by atoms with E-state index in [9.17, 15) is 9.59 Å². The van der Waals surface area contributed by atoms with Gasteiger partial charge in [0.1, 0.15) is 0 Å². The molecule has 4 heteroatoms. The SMILES string of the molecule is CCNC(CCC(=O)O)C(=O)c1ccc(CC(C)C)cc1. The zero-order valence-electron chi connectivity index (χ0n) is 13.1. The Balaban J connectivity index is 2.75. The van der Waals surface area contributed by atoms with Crippen molar-refractivity contribution in [3.63, 3.8) is 0 Å². The lowest BCUT2D eigenvalue weighted by Crippen LogP contribution is -2.37. The van der Waals surface area contributed by atoms with Crippen LogP contribution in [0.3, 0.4) is 0 Å². The molecule has 0 saturated heterocycles.